The van der Waals surface area contributed by atoms with Crippen LogP contribution >= 0.6 is 0 Å². The van der Waals surface area contributed by atoms with Crippen LogP contribution in [0.25, 0.3) is 0 Å². The van der Waals surface area contributed by atoms with E-state index in [1.165, 1.54) is 0 Å². The zero-order valence-corrected chi connectivity index (χ0v) is 13.0. The van der Waals surface area contributed by atoms with Crippen molar-refractivity contribution in [3.63, 3.8) is 0 Å². The summed E-state index contributed by atoms with van der Waals surface area (Å²) < 4.78 is 5.65. The zero-order chi connectivity index (χ0) is 15.4. The van der Waals surface area contributed by atoms with Crippen LogP contribution in [0.1, 0.15) is 30.9 Å². The molecule has 1 saturated heterocycles. The molecule has 1 fully saturated rings. The number of hydrogen-bond acceptors (Lipinski definition) is 3. The molecule has 1 aromatic rings. The Morgan fingerprint density at radius 3 is 2.52 bits per heavy atom. The van der Waals surface area contributed by atoms with Crippen molar-refractivity contribution in [1.82, 2.24) is 4.90 Å². The van der Waals surface area contributed by atoms with Gasteiger partial charge in [0.1, 0.15) is 11.5 Å². The van der Waals surface area contributed by atoms with E-state index in [0.717, 1.165) is 29.7 Å². The SMILES string of the molecule is CC(=O)C1CCN(C(=O)COc2cccc(C)c2C)CC1. The molecule has 0 bridgehead atoms. The van der Waals surface area contributed by atoms with Crippen molar-refractivity contribution in [3.8, 4) is 5.75 Å². The van der Waals surface area contributed by atoms with Gasteiger partial charge in [-0.25, -0.2) is 0 Å². The van der Waals surface area contributed by atoms with Gasteiger partial charge in [0.05, 0.1) is 0 Å². The summed E-state index contributed by atoms with van der Waals surface area (Å²) in [5.74, 6) is 1.11. The first kappa shape index (κ1) is 15.5. The Hall–Kier alpha value is -1.84. The van der Waals surface area contributed by atoms with Gasteiger partial charge in [0, 0.05) is 19.0 Å². The number of benzene rings is 1. The summed E-state index contributed by atoms with van der Waals surface area (Å²) in [6.45, 7) is 7.02. The molecule has 1 aliphatic heterocycles. The highest BCUT2D eigenvalue weighted by molar-refractivity contribution is 5.80. The van der Waals surface area contributed by atoms with Crippen LogP contribution < -0.4 is 4.74 Å². The van der Waals surface area contributed by atoms with Gasteiger partial charge in [0.2, 0.25) is 0 Å². The van der Waals surface area contributed by atoms with E-state index in [-0.39, 0.29) is 24.2 Å². The van der Waals surface area contributed by atoms with Gasteiger partial charge in [-0.15, -0.1) is 0 Å². The molecule has 1 aromatic carbocycles. The van der Waals surface area contributed by atoms with Gasteiger partial charge in [-0.1, -0.05) is 12.1 Å². The average Bonchev–Trinajstić information content (AvgIpc) is 2.48. The maximum Gasteiger partial charge on any atom is 0.260 e. The van der Waals surface area contributed by atoms with E-state index in [0.29, 0.717) is 13.1 Å². The summed E-state index contributed by atoms with van der Waals surface area (Å²) >= 11 is 0. The fraction of sp³-hybridized carbons (Fsp3) is 0.529. The lowest BCUT2D eigenvalue weighted by Gasteiger charge is -2.30. The van der Waals surface area contributed by atoms with Crippen molar-refractivity contribution in [2.75, 3.05) is 19.7 Å². The Morgan fingerprint density at radius 2 is 1.90 bits per heavy atom. The number of carbonyl (C=O) groups excluding carboxylic acids is 2. The number of aryl methyl sites for hydroxylation is 1. The number of Topliss-reactive ketones (excluding diaryl/α,β-unsaturated/α-hetero) is 1. The number of ketones is 1. The Balaban J connectivity index is 1.85. The van der Waals surface area contributed by atoms with E-state index in [2.05, 4.69) is 0 Å². The third kappa shape index (κ3) is 3.84. The van der Waals surface area contributed by atoms with Gasteiger partial charge in [-0.2, -0.15) is 0 Å². The quantitative estimate of drug-likeness (QED) is 0.855. The maximum atomic E-state index is 12.2. The van der Waals surface area contributed by atoms with E-state index >= 15 is 0 Å². The van der Waals surface area contributed by atoms with E-state index in [1.54, 1.807) is 11.8 Å². The summed E-state index contributed by atoms with van der Waals surface area (Å²) in [7, 11) is 0. The van der Waals surface area contributed by atoms with Gasteiger partial charge in [-0.3, -0.25) is 9.59 Å². The molecule has 0 radical (unpaired) electrons. The molecule has 4 nitrogen and oxygen atoms in total. The number of nitrogens with zero attached hydrogens (tertiary/aromatic N) is 1. The lowest BCUT2D eigenvalue weighted by molar-refractivity contribution is -0.136. The fourth-order valence-corrected chi connectivity index (χ4v) is 2.65. The summed E-state index contributed by atoms with van der Waals surface area (Å²) in [5.41, 5.74) is 2.22. The van der Waals surface area contributed by atoms with Crippen molar-refractivity contribution in [1.29, 1.82) is 0 Å². The average molecular weight is 289 g/mol. The molecule has 21 heavy (non-hydrogen) atoms. The summed E-state index contributed by atoms with van der Waals surface area (Å²) in [6, 6.07) is 5.84. The molecule has 0 N–H and O–H groups in total. The van der Waals surface area contributed by atoms with Crippen LogP contribution in [0.5, 0.6) is 5.75 Å². The molecule has 0 aromatic heterocycles. The number of hydrogen-bond donors (Lipinski definition) is 0. The molecular weight excluding hydrogens is 266 g/mol. The van der Waals surface area contributed by atoms with Gasteiger partial charge in [0.25, 0.3) is 5.91 Å². The third-order valence-corrected chi connectivity index (χ3v) is 4.33. The standard InChI is InChI=1S/C17H23NO3/c1-12-5-4-6-16(13(12)2)21-11-17(20)18-9-7-15(8-10-18)14(3)19/h4-6,15H,7-11H2,1-3H3. The van der Waals surface area contributed by atoms with Crippen molar-refractivity contribution in [2.45, 2.75) is 33.6 Å². The number of rotatable bonds is 4. The second kappa shape index (κ2) is 6.74. The van der Waals surface area contributed by atoms with Crippen molar-refractivity contribution >= 4 is 11.7 Å². The van der Waals surface area contributed by atoms with Gasteiger partial charge >= 0.3 is 0 Å². The van der Waals surface area contributed by atoms with E-state index in [9.17, 15) is 9.59 Å². The molecule has 0 aliphatic carbocycles. The smallest absolute Gasteiger partial charge is 0.260 e. The number of likely N-dealkylation sites (tertiary alicyclic amines) is 1. The van der Waals surface area contributed by atoms with Gasteiger partial charge in [-0.05, 0) is 50.8 Å². The van der Waals surface area contributed by atoms with Crippen molar-refractivity contribution < 1.29 is 14.3 Å². The van der Waals surface area contributed by atoms with E-state index in [4.69, 9.17) is 4.74 Å². The topological polar surface area (TPSA) is 46.6 Å². The van der Waals surface area contributed by atoms with Gasteiger partial charge in [0.15, 0.2) is 6.61 Å². The first-order chi connectivity index (χ1) is 9.99. The highest BCUT2D eigenvalue weighted by Crippen LogP contribution is 2.21. The third-order valence-electron chi connectivity index (χ3n) is 4.33. The van der Waals surface area contributed by atoms with Crippen LogP contribution in [0.15, 0.2) is 18.2 Å². The lowest BCUT2D eigenvalue weighted by atomic mass is 9.93. The van der Waals surface area contributed by atoms with E-state index < -0.39 is 0 Å². The molecule has 0 saturated carbocycles. The Morgan fingerprint density at radius 1 is 1.24 bits per heavy atom. The molecular formula is C17H23NO3. The number of ether oxygens (including phenoxy) is 1. The second-order valence-electron chi connectivity index (χ2n) is 5.75. The molecule has 0 unspecified atom stereocenters. The Labute approximate surface area is 126 Å². The first-order valence-electron chi connectivity index (χ1n) is 7.46. The normalized spacial score (nSPS) is 15.9. The first-order valence-corrected chi connectivity index (χ1v) is 7.46. The lowest BCUT2D eigenvalue weighted by Crippen LogP contribution is -2.42. The number of carbonyl (C=O) groups is 2. The molecule has 1 heterocycles. The monoisotopic (exact) mass is 289 g/mol. The summed E-state index contributed by atoms with van der Waals surface area (Å²) in [4.78, 5) is 25.3. The van der Waals surface area contributed by atoms with Crippen molar-refractivity contribution in [2.24, 2.45) is 5.92 Å². The summed E-state index contributed by atoms with van der Waals surface area (Å²) in [6.07, 6.45) is 1.54. The van der Waals surface area contributed by atoms with Crippen LogP contribution in [-0.4, -0.2) is 36.3 Å². The zero-order valence-electron chi connectivity index (χ0n) is 13.0. The highest BCUT2D eigenvalue weighted by atomic mass is 16.5. The summed E-state index contributed by atoms with van der Waals surface area (Å²) in [5, 5.41) is 0. The number of amides is 1. The molecule has 2 rings (SSSR count). The fourth-order valence-electron chi connectivity index (χ4n) is 2.65. The number of piperidine rings is 1. The predicted molar refractivity (Wildman–Crippen MR) is 81.4 cm³/mol. The van der Waals surface area contributed by atoms with Crippen molar-refractivity contribution in [3.05, 3.63) is 29.3 Å². The molecule has 1 aliphatic rings. The molecule has 4 heteroatoms. The minimum atomic E-state index is -0.00194. The molecule has 1 amide bonds. The van der Waals surface area contributed by atoms with Gasteiger partial charge < -0.3 is 9.64 Å². The Bertz CT molecular complexity index is 531. The maximum absolute atomic E-state index is 12.2. The second-order valence-corrected chi connectivity index (χ2v) is 5.75. The minimum Gasteiger partial charge on any atom is -0.483 e. The van der Waals surface area contributed by atoms with Crippen LogP contribution in [-0.2, 0) is 9.59 Å². The van der Waals surface area contributed by atoms with Crippen LogP contribution in [0, 0.1) is 19.8 Å². The Kier molecular flexibility index (Phi) is 4.99. The molecule has 0 spiro atoms. The highest BCUT2D eigenvalue weighted by Gasteiger charge is 2.25. The van der Waals surface area contributed by atoms with Crippen LogP contribution in [0.3, 0.4) is 0 Å². The predicted octanol–water partition coefficient (Wildman–Crippen LogP) is 2.51. The minimum absolute atomic E-state index is 0.00194. The largest absolute Gasteiger partial charge is 0.483 e. The molecule has 0 atom stereocenters. The molecule has 114 valence electrons. The van der Waals surface area contributed by atoms with Crippen LogP contribution in [0.4, 0.5) is 0 Å². The van der Waals surface area contributed by atoms with Crippen LogP contribution in [0.2, 0.25) is 0 Å². The van der Waals surface area contributed by atoms with E-state index in [1.807, 2.05) is 32.0 Å².